The number of nitrogens with one attached hydrogen (secondary N) is 3. The number of carbonyl (C=O) groups excluding carboxylic acids is 1. The normalized spacial score (nSPS) is 26.4. The van der Waals surface area contributed by atoms with Gasteiger partial charge in [-0.1, -0.05) is 0 Å². The first-order valence-corrected chi connectivity index (χ1v) is 7.34. The molecule has 5 heteroatoms. The average molecular weight is 269 g/mol. The van der Waals surface area contributed by atoms with Crippen molar-refractivity contribution in [3.05, 3.63) is 0 Å². The summed E-state index contributed by atoms with van der Waals surface area (Å²) in [6.45, 7) is 9.56. The number of amides is 1. The van der Waals surface area contributed by atoms with Crippen LogP contribution in [0.3, 0.4) is 0 Å². The van der Waals surface area contributed by atoms with Gasteiger partial charge in [0.1, 0.15) is 5.60 Å². The van der Waals surface area contributed by atoms with Gasteiger partial charge in [-0.05, 0) is 65.6 Å². The number of alkyl carbamates (subject to hydrolysis) is 1. The molecule has 19 heavy (non-hydrogen) atoms. The van der Waals surface area contributed by atoms with Crippen molar-refractivity contribution in [1.82, 2.24) is 16.0 Å². The van der Waals surface area contributed by atoms with Gasteiger partial charge in [0.05, 0.1) is 0 Å². The Hall–Kier alpha value is -0.810. The second-order valence-electron chi connectivity index (χ2n) is 6.70. The van der Waals surface area contributed by atoms with Crippen molar-refractivity contribution in [2.45, 2.75) is 51.2 Å². The van der Waals surface area contributed by atoms with Gasteiger partial charge in [0.15, 0.2) is 0 Å². The predicted molar refractivity (Wildman–Crippen MR) is 75.2 cm³/mol. The fourth-order valence-corrected chi connectivity index (χ4v) is 3.19. The minimum atomic E-state index is -0.426. The fourth-order valence-electron chi connectivity index (χ4n) is 3.19. The molecule has 5 nitrogen and oxygen atoms in total. The minimum absolute atomic E-state index is 0.222. The maximum Gasteiger partial charge on any atom is 0.407 e. The quantitative estimate of drug-likeness (QED) is 0.706. The molecule has 2 fully saturated rings. The summed E-state index contributed by atoms with van der Waals surface area (Å²) in [6, 6.07) is 0. The Morgan fingerprint density at radius 1 is 1.32 bits per heavy atom. The van der Waals surface area contributed by atoms with E-state index in [0.29, 0.717) is 12.5 Å². The summed E-state index contributed by atoms with van der Waals surface area (Å²) in [7, 11) is 0. The van der Waals surface area contributed by atoms with E-state index >= 15 is 0 Å². The Morgan fingerprint density at radius 2 is 2.00 bits per heavy atom. The lowest BCUT2D eigenvalue weighted by Crippen LogP contribution is -2.54. The van der Waals surface area contributed by atoms with E-state index in [-0.39, 0.29) is 11.6 Å². The molecule has 0 aliphatic carbocycles. The van der Waals surface area contributed by atoms with E-state index in [4.69, 9.17) is 4.74 Å². The highest BCUT2D eigenvalue weighted by Gasteiger charge is 2.43. The van der Waals surface area contributed by atoms with Crippen molar-refractivity contribution >= 4 is 6.09 Å². The van der Waals surface area contributed by atoms with Crippen LogP contribution in [-0.4, -0.2) is 43.4 Å². The van der Waals surface area contributed by atoms with Crippen molar-refractivity contribution in [2.24, 2.45) is 5.92 Å². The maximum atomic E-state index is 11.7. The van der Waals surface area contributed by atoms with E-state index in [1.165, 1.54) is 0 Å². The van der Waals surface area contributed by atoms with Crippen LogP contribution in [0.15, 0.2) is 0 Å². The lowest BCUT2D eigenvalue weighted by Gasteiger charge is -2.39. The standard InChI is InChI=1S/C14H27N3O2/c1-13(2,3)19-12(18)16-10-11-4-7-17-14(11)5-8-15-9-6-14/h11,15,17H,4-10H2,1-3H3,(H,16,18). The first-order chi connectivity index (χ1) is 8.91. The van der Waals surface area contributed by atoms with E-state index in [0.717, 1.165) is 38.9 Å². The van der Waals surface area contributed by atoms with E-state index in [1.807, 2.05) is 20.8 Å². The van der Waals surface area contributed by atoms with Crippen LogP contribution in [0.4, 0.5) is 4.79 Å². The van der Waals surface area contributed by atoms with Crippen molar-refractivity contribution in [3.8, 4) is 0 Å². The highest BCUT2D eigenvalue weighted by molar-refractivity contribution is 5.67. The molecule has 0 radical (unpaired) electrons. The highest BCUT2D eigenvalue weighted by atomic mass is 16.6. The number of piperidine rings is 1. The van der Waals surface area contributed by atoms with Crippen LogP contribution in [0.25, 0.3) is 0 Å². The zero-order chi connectivity index (χ0) is 13.9. The maximum absolute atomic E-state index is 11.7. The van der Waals surface area contributed by atoms with Gasteiger partial charge in [-0.2, -0.15) is 0 Å². The molecule has 3 N–H and O–H groups in total. The van der Waals surface area contributed by atoms with Gasteiger partial charge >= 0.3 is 6.09 Å². The van der Waals surface area contributed by atoms with Crippen LogP contribution < -0.4 is 16.0 Å². The molecule has 1 amide bonds. The van der Waals surface area contributed by atoms with E-state index < -0.39 is 5.60 Å². The average Bonchev–Trinajstić information content (AvgIpc) is 2.68. The Labute approximate surface area is 115 Å². The van der Waals surface area contributed by atoms with Gasteiger partial charge in [-0.3, -0.25) is 0 Å². The number of hydrogen-bond donors (Lipinski definition) is 3. The minimum Gasteiger partial charge on any atom is -0.444 e. The van der Waals surface area contributed by atoms with Crippen LogP contribution in [0.5, 0.6) is 0 Å². The molecule has 2 aliphatic rings. The Bertz CT molecular complexity index is 319. The van der Waals surface area contributed by atoms with Crippen LogP contribution in [-0.2, 0) is 4.74 Å². The summed E-state index contributed by atoms with van der Waals surface area (Å²) in [4.78, 5) is 11.7. The van der Waals surface area contributed by atoms with Gasteiger partial charge < -0.3 is 20.7 Å². The van der Waals surface area contributed by atoms with E-state index in [9.17, 15) is 4.79 Å². The van der Waals surface area contributed by atoms with Gasteiger partial charge in [0, 0.05) is 12.1 Å². The number of ether oxygens (including phenoxy) is 1. The molecule has 1 unspecified atom stereocenters. The number of hydrogen-bond acceptors (Lipinski definition) is 4. The summed E-state index contributed by atoms with van der Waals surface area (Å²) in [5.41, 5.74) is -0.204. The summed E-state index contributed by atoms with van der Waals surface area (Å²) in [5.74, 6) is 0.516. The van der Waals surface area contributed by atoms with Gasteiger partial charge in [-0.15, -0.1) is 0 Å². The van der Waals surface area contributed by atoms with Gasteiger partial charge in [0.2, 0.25) is 0 Å². The van der Waals surface area contributed by atoms with Crippen LogP contribution in [0.2, 0.25) is 0 Å². The SMILES string of the molecule is CC(C)(C)OC(=O)NCC1CCNC12CCNCC2. The Morgan fingerprint density at radius 3 is 2.63 bits per heavy atom. The van der Waals surface area contributed by atoms with Crippen LogP contribution in [0.1, 0.15) is 40.0 Å². The number of rotatable bonds is 2. The summed E-state index contributed by atoms with van der Waals surface area (Å²) in [6.07, 6.45) is 3.13. The lowest BCUT2D eigenvalue weighted by molar-refractivity contribution is 0.0508. The molecule has 1 atom stereocenters. The van der Waals surface area contributed by atoms with Crippen LogP contribution >= 0.6 is 0 Å². The molecule has 0 saturated carbocycles. The Kier molecular flexibility index (Phi) is 4.36. The second kappa shape index (κ2) is 5.67. The largest absolute Gasteiger partial charge is 0.444 e. The molecule has 1 spiro atoms. The molecule has 110 valence electrons. The van der Waals surface area contributed by atoms with Crippen LogP contribution in [0, 0.1) is 5.92 Å². The molecular formula is C14H27N3O2. The molecule has 0 aromatic heterocycles. The smallest absolute Gasteiger partial charge is 0.407 e. The van der Waals surface area contributed by atoms with Gasteiger partial charge in [0.25, 0.3) is 0 Å². The topological polar surface area (TPSA) is 62.4 Å². The molecule has 2 saturated heterocycles. The van der Waals surface area contributed by atoms with Crippen molar-refractivity contribution < 1.29 is 9.53 Å². The molecule has 0 bridgehead atoms. The van der Waals surface area contributed by atoms with Crippen molar-refractivity contribution in [2.75, 3.05) is 26.2 Å². The van der Waals surface area contributed by atoms with E-state index in [2.05, 4.69) is 16.0 Å². The molecule has 2 aliphatic heterocycles. The first-order valence-electron chi connectivity index (χ1n) is 7.34. The van der Waals surface area contributed by atoms with E-state index in [1.54, 1.807) is 0 Å². The fraction of sp³-hybridized carbons (Fsp3) is 0.929. The lowest BCUT2D eigenvalue weighted by atomic mass is 9.78. The summed E-state index contributed by atoms with van der Waals surface area (Å²) in [5, 5.41) is 9.99. The number of carbonyl (C=O) groups is 1. The second-order valence-corrected chi connectivity index (χ2v) is 6.70. The molecule has 0 aromatic rings. The highest BCUT2D eigenvalue weighted by Crippen LogP contribution is 2.33. The van der Waals surface area contributed by atoms with Crippen molar-refractivity contribution in [1.29, 1.82) is 0 Å². The van der Waals surface area contributed by atoms with Crippen molar-refractivity contribution in [3.63, 3.8) is 0 Å². The summed E-state index contributed by atoms with van der Waals surface area (Å²) < 4.78 is 5.29. The molecule has 0 aromatic carbocycles. The zero-order valence-electron chi connectivity index (χ0n) is 12.3. The Balaban J connectivity index is 1.83. The third kappa shape index (κ3) is 3.83. The third-order valence-electron chi connectivity index (χ3n) is 4.14. The molecule has 2 heterocycles. The molecule has 2 rings (SSSR count). The first kappa shape index (κ1) is 14.6. The van der Waals surface area contributed by atoms with Gasteiger partial charge in [-0.25, -0.2) is 4.79 Å². The summed E-state index contributed by atoms with van der Waals surface area (Å²) >= 11 is 0. The zero-order valence-corrected chi connectivity index (χ0v) is 12.3. The third-order valence-corrected chi connectivity index (χ3v) is 4.14. The predicted octanol–water partition coefficient (Wildman–Crippen LogP) is 1.24. The molecular weight excluding hydrogens is 242 g/mol. The monoisotopic (exact) mass is 269 g/mol.